The number of H-pyrrole nitrogens is 1. The predicted octanol–water partition coefficient (Wildman–Crippen LogP) is 4.57. The van der Waals surface area contributed by atoms with Crippen molar-refractivity contribution in [2.75, 3.05) is 6.54 Å². The first kappa shape index (κ1) is 25.3. The topological polar surface area (TPSA) is 114 Å². The molecule has 0 saturated heterocycles. The van der Waals surface area contributed by atoms with Gasteiger partial charge in [0.2, 0.25) is 0 Å². The molecule has 0 saturated carbocycles. The van der Waals surface area contributed by atoms with E-state index in [2.05, 4.69) is 15.5 Å². The van der Waals surface area contributed by atoms with E-state index in [9.17, 15) is 14.0 Å². The van der Waals surface area contributed by atoms with Gasteiger partial charge in [-0.3, -0.25) is 14.7 Å². The summed E-state index contributed by atoms with van der Waals surface area (Å²) in [5.41, 5.74) is 6.99. The molecule has 4 N–H and O–H groups in total. The number of carbonyl (C=O) groups excluding carboxylic acids is 1. The number of nitrogens with one attached hydrogen (secondary N) is 2. The summed E-state index contributed by atoms with van der Waals surface area (Å²) in [6, 6.07) is 15.1. The molecule has 36 heavy (non-hydrogen) atoms. The Morgan fingerprint density at radius 1 is 1.19 bits per heavy atom. The molecule has 0 radical (unpaired) electrons. The van der Waals surface area contributed by atoms with Gasteiger partial charge in [0.15, 0.2) is 5.43 Å². The maximum atomic E-state index is 14.2. The Kier molecular flexibility index (Phi) is 7.35. The van der Waals surface area contributed by atoms with Crippen LogP contribution >= 0.6 is 0 Å². The summed E-state index contributed by atoms with van der Waals surface area (Å²) in [4.78, 5) is 27.2. The van der Waals surface area contributed by atoms with Gasteiger partial charge in [-0.1, -0.05) is 44.2 Å². The predicted molar refractivity (Wildman–Crippen MR) is 137 cm³/mol. The lowest BCUT2D eigenvalue weighted by molar-refractivity contribution is 0.0811. The zero-order valence-electron chi connectivity index (χ0n) is 20.7. The third kappa shape index (κ3) is 4.95. The van der Waals surface area contributed by atoms with Crippen LogP contribution in [0.15, 0.2) is 63.8 Å². The quantitative estimate of drug-likeness (QED) is 0.318. The van der Waals surface area contributed by atoms with E-state index in [-0.39, 0.29) is 28.0 Å². The molecule has 0 aliphatic heterocycles. The summed E-state index contributed by atoms with van der Waals surface area (Å²) in [7, 11) is 0. The summed E-state index contributed by atoms with van der Waals surface area (Å²) >= 11 is 0. The number of hydrogen-bond acceptors (Lipinski definition) is 5. The van der Waals surface area contributed by atoms with Crippen LogP contribution in [0.25, 0.3) is 11.0 Å². The highest BCUT2D eigenvalue weighted by atomic mass is 19.1. The minimum Gasteiger partial charge on any atom is -0.458 e. The first-order valence-electron chi connectivity index (χ1n) is 12.1. The van der Waals surface area contributed by atoms with Gasteiger partial charge < -0.3 is 15.5 Å². The first-order valence-corrected chi connectivity index (χ1v) is 12.1. The highest BCUT2D eigenvalue weighted by Gasteiger charge is 2.42. The van der Waals surface area contributed by atoms with Crippen molar-refractivity contribution in [1.82, 2.24) is 15.5 Å². The van der Waals surface area contributed by atoms with Gasteiger partial charge in [-0.05, 0) is 56.0 Å². The van der Waals surface area contributed by atoms with Crippen molar-refractivity contribution in [3.05, 3.63) is 98.9 Å². The zero-order chi connectivity index (χ0) is 25.9. The van der Waals surface area contributed by atoms with Crippen LogP contribution in [-0.4, -0.2) is 22.6 Å². The van der Waals surface area contributed by atoms with Crippen LogP contribution in [-0.2, 0) is 12.0 Å². The second kappa shape index (κ2) is 10.5. The van der Waals surface area contributed by atoms with E-state index in [1.807, 2.05) is 51.1 Å². The summed E-state index contributed by atoms with van der Waals surface area (Å²) in [5, 5.41) is 10.3. The van der Waals surface area contributed by atoms with Gasteiger partial charge in [0.1, 0.15) is 28.4 Å². The van der Waals surface area contributed by atoms with Crippen LogP contribution in [0.5, 0.6) is 0 Å². The molecule has 1 amide bonds. The lowest BCUT2D eigenvalue weighted by Crippen LogP contribution is -2.51. The average molecular weight is 491 g/mol. The van der Waals surface area contributed by atoms with Crippen LogP contribution in [0.3, 0.4) is 0 Å². The Balaban J connectivity index is 1.98. The van der Waals surface area contributed by atoms with E-state index >= 15 is 0 Å². The lowest BCUT2D eigenvalue weighted by atomic mass is 9.77. The van der Waals surface area contributed by atoms with Crippen LogP contribution in [0, 0.1) is 18.7 Å². The van der Waals surface area contributed by atoms with Gasteiger partial charge >= 0.3 is 0 Å². The molecule has 2 heterocycles. The van der Waals surface area contributed by atoms with E-state index in [4.69, 9.17) is 10.2 Å². The Hall–Kier alpha value is -3.78. The standard InChI is InChI=1S/C28H31FN4O3/c1-17(2)28(12-7-13-30,31-27(35)23-14-18(3)32-33-23)26-22(15-19-8-5-4-6-9-19)25(34)21-11-10-20(29)16-24(21)36-26/h4-6,8-11,14,16-17H,7,12-13,15,30H2,1-3H3,(H,31,35)(H,32,33). The van der Waals surface area contributed by atoms with E-state index in [0.29, 0.717) is 37.1 Å². The minimum absolute atomic E-state index is 0.134. The van der Waals surface area contributed by atoms with E-state index in [1.165, 1.54) is 18.2 Å². The number of aromatic amines is 1. The number of aryl methyl sites for hydroxylation is 1. The van der Waals surface area contributed by atoms with Crippen molar-refractivity contribution in [3.63, 3.8) is 0 Å². The largest absolute Gasteiger partial charge is 0.458 e. The van der Waals surface area contributed by atoms with E-state index in [1.54, 1.807) is 6.07 Å². The lowest BCUT2D eigenvalue weighted by Gasteiger charge is -2.38. The number of nitrogens with two attached hydrogens (primary N) is 1. The number of amides is 1. The fourth-order valence-electron chi connectivity index (χ4n) is 4.64. The monoisotopic (exact) mass is 490 g/mol. The molecule has 2 aromatic heterocycles. The Bertz CT molecular complexity index is 1430. The van der Waals surface area contributed by atoms with Crippen molar-refractivity contribution < 1.29 is 13.6 Å². The highest BCUT2D eigenvalue weighted by molar-refractivity contribution is 5.93. The normalized spacial score (nSPS) is 13.2. The molecule has 0 aliphatic carbocycles. The second-order valence-corrected chi connectivity index (χ2v) is 9.45. The number of hydrogen-bond donors (Lipinski definition) is 3. The maximum absolute atomic E-state index is 14.2. The van der Waals surface area contributed by atoms with Crippen LogP contribution in [0.4, 0.5) is 4.39 Å². The maximum Gasteiger partial charge on any atom is 0.272 e. The van der Waals surface area contributed by atoms with Crippen LogP contribution in [0.2, 0.25) is 0 Å². The summed E-state index contributed by atoms with van der Waals surface area (Å²) in [5.74, 6) is -0.798. The molecule has 7 nitrogen and oxygen atoms in total. The minimum atomic E-state index is -1.09. The Labute approximate surface area is 208 Å². The third-order valence-electron chi connectivity index (χ3n) is 6.61. The molecule has 0 spiro atoms. The van der Waals surface area contributed by atoms with Gasteiger partial charge in [0.25, 0.3) is 5.91 Å². The van der Waals surface area contributed by atoms with Gasteiger partial charge in [-0.2, -0.15) is 5.10 Å². The van der Waals surface area contributed by atoms with E-state index in [0.717, 1.165) is 11.3 Å². The number of halogens is 1. The van der Waals surface area contributed by atoms with Crippen molar-refractivity contribution in [2.45, 2.75) is 45.6 Å². The van der Waals surface area contributed by atoms with Gasteiger partial charge in [-0.25, -0.2) is 4.39 Å². The highest BCUT2D eigenvalue weighted by Crippen LogP contribution is 2.38. The molecule has 8 heteroatoms. The third-order valence-corrected chi connectivity index (χ3v) is 6.61. The summed E-state index contributed by atoms with van der Waals surface area (Å²) in [6.07, 6.45) is 1.27. The number of carbonyl (C=O) groups is 1. The van der Waals surface area contributed by atoms with Crippen molar-refractivity contribution in [3.8, 4) is 0 Å². The summed E-state index contributed by atoms with van der Waals surface area (Å²) in [6.45, 7) is 6.10. The fraction of sp³-hybridized carbons (Fsp3) is 0.321. The van der Waals surface area contributed by atoms with E-state index < -0.39 is 17.3 Å². The average Bonchev–Trinajstić information content (AvgIpc) is 3.30. The number of aromatic nitrogens is 2. The van der Waals surface area contributed by atoms with Gasteiger partial charge in [0, 0.05) is 23.7 Å². The molecule has 0 aliphatic rings. The van der Waals surface area contributed by atoms with Gasteiger partial charge in [-0.15, -0.1) is 0 Å². The smallest absolute Gasteiger partial charge is 0.272 e. The number of benzene rings is 2. The van der Waals surface area contributed by atoms with Crippen molar-refractivity contribution in [2.24, 2.45) is 11.7 Å². The molecule has 0 fully saturated rings. The van der Waals surface area contributed by atoms with Crippen molar-refractivity contribution in [1.29, 1.82) is 0 Å². The number of rotatable bonds is 9. The molecule has 1 unspecified atom stereocenters. The first-order chi connectivity index (χ1) is 17.2. The van der Waals surface area contributed by atoms with Crippen molar-refractivity contribution >= 4 is 16.9 Å². The number of fused-ring (bicyclic) bond motifs is 1. The molecule has 2 aromatic carbocycles. The molecule has 4 aromatic rings. The van der Waals surface area contributed by atoms with Gasteiger partial charge in [0.05, 0.1) is 5.39 Å². The summed E-state index contributed by atoms with van der Waals surface area (Å²) < 4.78 is 20.5. The molecule has 4 rings (SSSR count). The van der Waals surface area contributed by atoms with Crippen LogP contribution < -0.4 is 16.5 Å². The Morgan fingerprint density at radius 3 is 2.58 bits per heavy atom. The molecule has 1 atom stereocenters. The Morgan fingerprint density at radius 2 is 1.94 bits per heavy atom. The molecular weight excluding hydrogens is 459 g/mol. The second-order valence-electron chi connectivity index (χ2n) is 9.45. The fourth-order valence-corrected chi connectivity index (χ4v) is 4.64. The number of nitrogens with zero attached hydrogens (tertiary/aromatic N) is 1. The molecular formula is C28H31FN4O3. The zero-order valence-corrected chi connectivity index (χ0v) is 20.7. The molecule has 188 valence electrons. The molecule has 0 bridgehead atoms. The van der Waals surface area contributed by atoms with Crippen LogP contribution in [0.1, 0.15) is 59.8 Å². The SMILES string of the molecule is Cc1cc(C(=O)NC(CCCN)(c2oc3cc(F)ccc3c(=O)c2Cc2ccccc2)C(C)C)n[nH]1.